The van der Waals surface area contributed by atoms with E-state index in [1.807, 2.05) is 54.6 Å². The van der Waals surface area contributed by atoms with Crippen LogP contribution in [0.15, 0.2) is 77.6 Å². The first-order valence-corrected chi connectivity index (χ1v) is 7.71. The van der Waals surface area contributed by atoms with Crippen LogP contribution in [0.4, 0.5) is 0 Å². The molecule has 0 amide bonds. The van der Waals surface area contributed by atoms with Gasteiger partial charge in [0.25, 0.3) is 5.56 Å². The van der Waals surface area contributed by atoms with Crippen LogP contribution < -0.4 is 11.3 Å². The zero-order valence-electron chi connectivity index (χ0n) is 13.1. The molecule has 3 aromatic rings. The van der Waals surface area contributed by atoms with E-state index in [2.05, 4.69) is 12.1 Å². The zero-order valence-corrected chi connectivity index (χ0v) is 13.1. The summed E-state index contributed by atoms with van der Waals surface area (Å²) in [6.45, 7) is 0. The normalized spacial score (nSPS) is 12.1. The molecule has 2 N–H and O–H groups in total. The second kappa shape index (κ2) is 6.63. The van der Waals surface area contributed by atoms with Crippen LogP contribution >= 0.6 is 0 Å². The van der Waals surface area contributed by atoms with Crippen LogP contribution in [0, 0.1) is 0 Å². The minimum atomic E-state index is -0.223. The van der Waals surface area contributed by atoms with Crippen molar-refractivity contribution in [3.05, 3.63) is 94.4 Å². The van der Waals surface area contributed by atoms with Crippen molar-refractivity contribution in [2.45, 2.75) is 12.5 Å². The van der Waals surface area contributed by atoms with Crippen molar-refractivity contribution < 1.29 is 0 Å². The molecule has 0 fully saturated rings. The highest BCUT2D eigenvalue weighted by Crippen LogP contribution is 2.22. The lowest BCUT2D eigenvalue weighted by Gasteiger charge is -2.17. The highest BCUT2D eigenvalue weighted by Gasteiger charge is 2.13. The first-order valence-electron chi connectivity index (χ1n) is 7.71. The zero-order chi connectivity index (χ0) is 16.2. The maximum atomic E-state index is 12.3. The van der Waals surface area contributed by atoms with Gasteiger partial charge in [0.2, 0.25) is 0 Å². The highest BCUT2D eigenvalue weighted by atomic mass is 16.1. The van der Waals surface area contributed by atoms with E-state index in [0.717, 1.165) is 22.4 Å². The molecule has 1 unspecified atom stereocenters. The SMILES string of the molecule is Cn1c(C(N)Cc2ccccc2)cc(-c2ccccc2)cc1=O. The van der Waals surface area contributed by atoms with Crippen LogP contribution in [0.5, 0.6) is 0 Å². The summed E-state index contributed by atoms with van der Waals surface area (Å²) in [6, 6.07) is 23.5. The average molecular weight is 304 g/mol. The predicted octanol–water partition coefficient (Wildman–Crippen LogP) is 3.29. The molecule has 0 saturated carbocycles. The molecule has 116 valence electrons. The molecule has 0 aliphatic heterocycles. The van der Waals surface area contributed by atoms with Gasteiger partial charge < -0.3 is 10.3 Å². The molecular weight excluding hydrogens is 284 g/mol. The van der Waals surface area contributed by atoms with Gasteiger partial charge in [0, 0.05) is 24.8 Å². The summed E-state index contributed by atoms with van der Waals surface area (Å²) in [4.78, 5) is 12.3. The van der Waals surface area contributed by atoms with E-state index >= 15 is 0 Å². The van der Waals surface area contributed by atoms with Gasteiger partial charge in [-0.3, -0.25) is 4.79 Å². The Hall–Kier alpha value is -2.65. The molecule has 0 bridgehead atoms. The molecule has 0 saturated heterocycles. The quantitative estimate of drug-likeness (QED) is 0.804. The van der Waals surface area contributed by atoms with E-state index in [0.29, 0.717) is 6.42 Å². The van der Waals surface area contributed by atoms with E-state index in [4.69, 9.17) is 5.73 Å². The number of rotatable bonds is 4. The van der Waals surface area contributed by atoms with Crippen LogP contribution in [-0.4, -0.2) is 4.57 Å². The summed E-state index contributed by atoms with van der Waals surface area (Å²) in [6.07, 6.45) is 0.701. The fraction of sp³-hybridized carbons (Fsp3) is 0.150. The van der Waals surface area contributed by atoms with Crippen LogP contribution in [0.2, 0.25) is 0 Å². The first kappa shape index (κ1) is 15.3. The number of benzene rings is 2. The number of hydrogen-bond donors (Lipinski definition) is 1. The monoisotopic (exact) mass is 304 g/mol. The fourth-order valence-corrected chi connectivity index (χ4v) is 2.78. The van der Waals surface area contributed by atoms with Crippen molar-refractivity contribution in [1.82, 2.24) is 4.57 Å². The maximum absolute atomic E-state index is 12.3. The third kappa shape index (κ3) is 3.41. The molecule has 2 aromatic carbocycles. The summed E-state index contributed by atoms with van der Waals surface area (Å²) in [7, 11) is 1.78. The fourth-order valence-electron chi connectivity index (χ4n) is 2.78. The van der Waals surface area contributed by atoms with E-state index in [1.54, 1.807) is 17.7 Å². The van der Waals surface area contributed by atoms with E-state index in [9.17, 15) is 4.79 Å². The van der Waals surface area contributed by atoms with Gasteiger partial charge in [-0.2, -0.15) is 0 Å². The summed E-state index contributed by atoms with van der Waals surface area (Å²) >= 11 is 0. The number of hydrogen-bond acceptors (Lipinski definition) is 2. The standard InChI is InChI=1S/C20H20N2O/c1-22-19(18(21)12-15-8-4-2-5-9-15)13-17(14-20(22)23)16-10-6-3-7-11-16/h2-11,13-14,18H,12,21H2,1H3. The molecule has 0 spiro atoms. The summed E-state index contributed by atoms with van der Waals surface area (Å²) < 4.78 is 1.64. The van der Waals surface area contributed by atoms with Crippen LogP contribution in [0.25, 0.3) is 11.1 Å². The predicted molar refractivity (Wildman–Crippen MR) is 94.2 cm³/mol. The molecule has 3 heteroatoms. The lowest BCUT2D eigenvalue weighted by atomic mass is 10.00. The summed E-state index contributed by atoms with van der Waals surface area (Å²) in [5.41, 5.74) is 10.3. The Morgan fingerprint density at radius 3 is 2.17 bits per heavy atom. The van der Waals surface area contributed by atoms with Crippen LogP contribution in [0.1, 0.15) is 17.3 Å². The maximum Gasteiger partial charge on any atom is 0.251 e. The summed E-state index contributed by atoms with van der Waals surface area (Å²) in [5, 5.41) is 0. The van der Waals surface area contributed by atoms with E-state index in [1.165, 1.54) is 0 Å². The molecule has 0 radical (unpaired) electrons. The Kier molecular flexibility index (Phi) is 4.40. The Bertz CT molecular complexity index is 839. The Morgan fingerprint density at radius 2 is 1.52 bits per heavy atom. The third-order valence-corrected chi connectivity index (χ3v) is 4.09. The highest BCUT2D eigenvalue weighted by molar-refractivity contribution is 5.63. The van der Waals surface area contributed by atoms with Gasteiger partial charge in [0.1, 0.15) is 0 Å². The van der Waals surface area contributed by atoms with Gasteiger partial charge in [-0.05, 0) is 29.2 Å². The van der Waals surface area contributed by atoms with Gasteiger partial charge in [-0.15, -0.1) is 0 Å². The lowest BCUT2D eigenvalue weighted by molar-refractivity contribution is 0.637. The molecule has 1 atom stereocenters. The Labute approximate surface area is 136 Å². The van der Waals surface area contributed by atoms with Crippen molar-refractivity contribution >= 4 is 0 Å². The molecule has 0 aliphatic carbocycles. The van der Waals surface area contributed by atoms with Gasteiger partial charge >= 0.3 is 0 Å². The van der Waals surface area contributed by atoms with Crippen molar-refractivity contribution in [2.24, 2.45) is 12.8 Å². The molecule has 23 heavy (non-hydrogen) atoms. The first-order chi connectivity index (χ1) is 11.1. The van der Waals surface area contributed by atoms with Gasteiger partial charge in [-0.1, -0.05) is 60.7 Å². The molecule has 3 nitrogen and oxygen atoms in total. The van der Waals surface area contributed by atoms with Crippen LogP contribution in [0.3, 0.4) is 0 Å². The molecule has 1 aromatic heterocycles. The molecule has 1 heterocycles. The minimum Gasteiger partial charge on any atom is -0.322 e. The van der Waals surface area contributed by atoms with Crippen molar-refractivity contribution in [2.75, 3.05) is 0 Å². The lowest BCUT2D eigenvalue weighted by Crippen LogP contribution is -2.26. The van der Waals surface area contributed by atoms with Gasteiger partial charge in [0.05, 0.1) is 0 Å². The summed E-state index contributed by atoms with van der Waals surface area (Å²) in [5.74, 6) is 0. The molecule has 0 aliphatic rings. The molecular formula is C20H20N2O. The average Bonchev–Trinajstić information content (AvgIpc) is 2.58. The van der Waals surface area contributed by atoms with Crippen LogP contribution in [-0.2, 0) is 13.5 Å². The third-order valence-electron chi connectivity index (χ3n) is 4.09. The second-order valence-electron chi connectivity index (χ2n) is 5.73. The van der Waals surface area contributed by atoms with Gasteiger partial charge in [-0.25, -0.2) is 0 Å². The number of nitrogens with two attached hydrogens (primary N) is 1. The number of aromatic nitrogens is 1. The Morgan fingerprint density at radius 1 is 0.913 bits per heavy atom. The van der Waals surface area contributed by atoms with Crippen molar-refractivity contribution in [3.63, 3.8) is 0 Å². The smallest absolute Gasteiger partial charge is 0.251 e. The number of pyridine rings is 1. The number of nitrogens with zero attached hydrogens (tertiary/aromatic N) is 1. The van der Waals surface area contributed by atoms with Crippen molar-refractivity contribution in [3.8, 4) is 11.1 Å². The largest absolute Gasteiger partial charge is 0.322 e. The van der Waals surface area contributed by atoms with Crippen molar-refractivity contribution in [1.29, 1.82) is 0 Å². The topological polar surface area (TPSA) is 48.0 Å². The Balaban J connectivity index is 1.98. The second-order valence-corrected chi connectivity index (χ2v) is 5.73. The van der Waals surface area contributed by atoms with E-state index in [-0.39, 0.29) is 11.6 Å². The van der Waals surface area contributed by atoms with E-state index < -0.39 is 0 Å². The van der Waals surface area contributed by atoms with Gasteiger partial charge in [0.15, 0.2) is 0 Å². The molecule has 3 rings (SSSR count). The minimum absolute atomic E-state index is 0.0372.